The quantitative estimate of drug-likeness (QED) is 0.252. The average Bonchev–Trinajstić information content (AvgIpc) is 3.39. The van der Waals surface area contributed by atoms with E-state index in [1.807, 2.05) is 28.9 Å². The summed E-state index contributed by atoms with van der Waals surface area (Å²) in [5.41, 5.74) is 0.825. The molecule has 0 amide bonds. The molecule has 4 rings (SSSR count). The van der Waals surface area contributed by atoms with E-state index in [-0.39, 0.29) is 30.0 Å². The van der Waals surface area contributed by atoms with Gasteiger partial charge in [-0.25, -0.2) is 9.67 Å². The van der Waals surface area contributed by atoms with Gasteiger partial charge in [-0.3, -0.25) is 4.99 Å². The lowest BCUT2D eigenvalue weighted by molar-refractivity contribution is 0.177. The molecule has 172 valence electrons. The minimum absolute atomic E-state index is 0. The Morgan fingerprint density at radius 2 is 2.25 bits per heavy atom. The van der Waals surface area contributed by atoms with Crippen molar-refractivity contribution >= 4 is 41.5 Å². The Bertz CT molecular complexity index is 1050. The van der Waals surface area contributed by atoms with Crippen LogP contribution in [0.4, 0.5) is 0 Å². The van der Waals surface area contributed by atoms with Crippen LogP contribution < -0.4 is 10.6 Å². The monoisotopic (exact) mass is 572 g/mol. The summed E-state index contributed by atoms with van der Waals surface area (Å²) in [4.78, 5) is 13.3. The van der Waals surface area contributed by atoms with Gasteiger partial charge in [0.25, 0.3) is 0 Å². The molecule has 0 saturated carbocycles. The van der Waals surface area contributed by atoms with Gasteiger partial charge in [-0.05, 0) is 18.6 Å². The molecular formula is C20H26ClIN8O2. The molecule has 0 aliphatic carbocycles. The maximum atomic E-state index is 6.03. The Hall–Kier alpha value is -2.25. The first kappa shape index (κ1) is 24.4. The summed E-state index contributed by atoms with van der Waals surface area (Å²) < 4.78 is 12.4. The van der Waals surface area contributed by atoms with Crippen LogP contribution in [-0.2, 0) is 30.7 Å². The highest BCUT2D eigenvalue weighted by Crippen LogP contribution is 2.20. The topological polar surface area (TPSA) is 115 Å². The van der Waals surface area contributed by atoms with Crippen LogP contribution in [0.2, 0.25) is 5.02 Å². The molecule has 0 radical (unpaired) electrons. The summed E-state index contributed by atoms with van der Waals surface area (Å²) in [5, 5.41) is 15.9. The molecule has 3 aromatic rings. The Morgan fingerprint density at radius 1 is 1.38 bits per heavy atom. The number of aliphatic imine (C=N–C) groups is 1. The highest BCUT2D eigenvalue weighted by Gasteiger charge is 2.22. The zero-order valence-corrected chi connectivity index (χ0v) is 21.0. The van der Waals surface area contributed by atoms with Crippen molar-refractivity contribution in [2.75, 3.05) is 20.7 Å². The molecule has 1 atom stereocenters. The summed E-state index contributed by atoms with van der Waals surface area (Å²) in [6.45, 7) is 1.77. The van der Waals surface area contributed by atoms with Gasteiger partial charge in [-0.15, -0.1) is 24.0 Å². The Kier molecular flexibility index (Phi) is 8.82. The maximum Gasteiger partial charge on any atom is 0.228 e. The number of aryl methyl sites for hydroxylation is 1. The van der Waals surface area contributed by atoms with Crippen LogP contribution in [-0.4, -0.2) is 57.6 Å². The number of halogens is 2. The third kappa shape index (κ3) is 6.17. The molecule has 0 fully saturated rings. The van der Waals surface area contributed by atoms with Crippen LogP contribution in [0, 0.1) is 0 Å². The highest BCUT2D eigenvalue weighted by molar-refractivity contribution is 14.0. The van der Waals surface area contributed by atoms with E-state index >= 15 is 0 Å². The largest absolute Gasteiger partial charge is 0.377 e. The number of ether oxygens (including phenoxy) is 1. The predicted octanol–water partition coefficient (Wildman–Crippen LogP) is 2.47. The Labute approximate surface area is 208 Å². The van der Waals surface area contributed by atoms with Crippen molar-refractivity contribution in [3.05, 3.63) is 46.8 Å². The van der Waals surface area contributed by atoms with Crippen LogP contribution in [0.1, 0.15) is 24.0 Å². The van der Waals surface area contributed by atoms with Gasteiger partial charge in [0.2, 0.25) is 11.7 Å². The van der Waals surface area contributed by atoms with Gasteiger partial charge in [0.05, 0.1) is 6.54 Å². The van der Waals surface area contributed by atoms with Gasteiger partial charge >= 0.3 is 0 Å². The lowest BCUT2D eigenvalue weighted by Gasteiger charge is -2.25. The molecule has 0 saturated heterocycles. The lowest BCUT2D eigenvalue weighted by Crippen LogP contribution is -2.47. The fraction of sp³-hybridized carbons (Fsp3) is 0.450. The number of fused-ring (bicyclic) bond motifs is 1. The smallest absolute Gasteiger partial charge is 0.228 e. The van der Waals surface area contributed by atoms with E-state index in [2.05, 4.69) is 35.8 Å². The van der Waals surface area contributed by atoms with E-state index in [4.69, 9.17) is 20.9 Å². The molecule has 1 aliphatic heterocycles. The first-order valence-corrected chi connectivity index (χ1v) is 10.5. The van der Waals surface area contributed by atoms with E-state index < -0.39 is 0 Å². The lowest BCUT2D eigenvalue weighted by atomic mass is 10.1. The van der Waals surface area contributed by atoms with Crippen LogP contribution in [0.3, 0.4) is 0 Å². The van der Waals surface area contributed by atoms with E-state index in [9.17, 15) is 0 Å². The van der Waals surface area contributed by atoms with Crippen molar-refractivity contribution in [1.82, 2.24) is 35.5 Å². The van der Waals surface area contributed by atoms with E-state index in [1.54, 1.807) is 14.2 Å². The minimum Gasteiger partial charge on any atom is -0.377 e. The average molecular weight is 573 g/mol. The van der Waals surface area contributed by atoms with Crippen molar-refractivity contribution in [2.24, 2.45) is 4.99 Å². The van der Waals surface area contributed by atoms with Crippen LogP contribution in [0.25, 0.3) is 11.4 Å². The predicted molar refractivity (Wildman–Crippen MR) is 131 cm³/mol. The number of guanidine groups is 1. The molecule has 1 aromatic carbocycles. The first-order valence-electron chi connectivity index (χ1n) is 10.1. The second kappa shape index (κ2) is 11.6. The highest BCUT2D eigenvalue weighted by atomic mass is 127. The Morgan fingerprint density at radius 3 is 3.03 bits per heavy atom. The normalized spacial score (nSPS) is 15.7. The molecule has 32 heavy (non-hydrogen) atoms. The van der Waals surface area contributed by atoms with Crippen molar-refractivity contribution in [3.63, 3.8) is 0 Å². The molecule has 2 N–H and O–H groups in total. The number of rotatable bonds is 7. The fourth-order valence-corrected chi connectivity index (χ4v) is 3.64. The van der Waals surface area contributed by atoms with Gasteiger partial charge in [0.1, 0.15) is 12.4 Å². The Balaban J connectivity index is 0.00000289. The summed E-state index contributed by atoms with van der Waals surface area (Å²) >= 11 is 6.03. The third-order valence-electron chi connectivity index (χ3n) is 4.92. The standard InChI is InChI=1S/C20H25ClN8O2.HI/c1-22-20(24-15-6-7-17-25-16(12-30-2)27-29(17)11-15)23-9-8-18-26-19(28-31-18)13-4-3-5-14(21)10-13;/h3-5,10,15H,6-9,11-12H2,1-2H3,(H2,22,23,24);1H. The third-order valence-corrected chi connectivity index (χ3v) is 5.16. The van der Waals surface area contributed by atoms with E-state index in [1.165, 1.54) is 0 Å². The van der Waals surface area contributed by atoms with Gasteiger partial charge in [0, 0.05) is 50.2 Å². The fourth-order valence-electron chi connectivity index (χ4n) is 3.45. The molecule has 1 aliphatic rings. The zero-order valence-electron chi connectivity index (χ0n) is 17.9. The van der Waals surface area contributed by atoms with Crippen LogP contribution in [0.15, 0.2) is 33.8 Å². The SMILES string of the molecule is CN=C(NCCc1nc(-c2cccc(Cl)c2)no1)NC1CCc2nc(COC)nn2C1.I. The molecule has 1 unspecified atom stereocenters. The van der Waals surface area contributed by atoms with Crippen molar-refractivity contribution in [3.8, 4) is 11.4 Å². The summed E-state index contributed by atoms with van der Waals surface area (Å²) in [6, 6.07) is 7.59. The molecule has 10 nitrogen and oxygen atoms in total. The van der Waals surface area contributed by atoms with Crippen molar-refractivity contribution < 1.29 is 9.26 Å². The molecule has 0 bridgehead atoms. The van der Waals surface area contributed by atoms with Gasteiger partial charge in [-0.2, -0.15) is 10.1 Å². The summed E-state index contributed by atoms with van der Waals surface area (Å²) in [6.07, 6.45) is 2.39. The maximum absolute atomic E-state index is 6.03. The van der Waals surface area contributed by atoms with E-state index in [0.29, 0.717) is 36.3 Å². The second-order valence-electron chi connectivity index (χ2n) is 7.21. The number of methoxy groups -OCH3 is 1. The number of aromatic nitrogens is 5. The number of hydrogen-bond donors (Lipinski definition) is 2. The number of benzene rings is 1. The van der Waals surface area contributed by atoms with Gasteiger partial charge < -0.3 is 19.9 Å². The molecule has 12 heteroatoms. The number of hydrogen-bond acceptors (Lipinski definition) is 7. The number of nitrogens with zero attached hydrogens (tertiary/aromatic N) is 6. The summed E-state index contributed by atoms with van der Waals surface area (Å²) in [5.74, 6) is 3.52. The van der Waals surface area contributed by atoms with Crippen LogP contribution >= 0.6 is 35.6 Å². The molecule has 2 aromatic heterocycles. The zero-order chi connectivity index (χ0) is 21.6. The van der Waals surface area contributed by atoms with Crippen LogP contribution in [0.5, 0.6) is 0 Å². The van der Waals surface area contributed by atoms with E-state index in [0.717, 1.165) is 42.6 Å². The van der Waals surface area contributed by atoms with Crippen molar-refractivity contribution in [1.29, 1.82) is 0 Å². The van der Waals surface area contributed by atoms with Gasteiger partial charge in [0.15, 0.2) is 11.8 Å². The van der Waals surface area contributed by atoms with Crippen molar-refractivity contribution in [2.45, 2.75) is 38.5 Å². The minimum atomic E-state index is 0. The number of nitrogens with one attached hydrogen (secondary N) is 2. The first-order chi connectivity index (χ1) is 15.1. The summed E-state index contributed by atoms with van der Waals surface area (Å²) in [7, 11) is 3.39. The second-order valence-corrected chi connectivity index (χ2v) is 7.65. The van der Waals surface area contributed by atoms with Gasteiger partial charge in [-0.1, -0.05) is 28.9 Å². The molecule has 0 spiro atoms. The molecule has 3 heterocycles. The molecular weight excluding hydrogens is 547 g/mol.